The SMILES string of the molecule is CCNC(CSc1ccccc1Br)CC1CC2CCC1C2. The lowest BCUT2D eigenvalue weighted by molar-refractivity contribution is 0.287. The number of benzene rings is 1. The van der Waals surface area contributed by atoms with Crippen LogP contribution >= 0.6 is 27.7 Å². The summed E-state index contributed by atoms with van der Waals surface area (Å²) in [6, 6.07) is 9.24. The first-order chi connectivity index (χ1) is 10.3. The quantitative estimate of drug-likeness (QED) is 0.652. The van der Waals surface area contributed by atoms with Crippen molar-refractivity contribution in [2.75, 3.05) is 12.3 Å². The predicted octanol–water partition coefficient (Wildman–Crippen LogP) is 5.35. The molecule has 2 saturated carbocycles. The molecule has 0 radical (unpaired) electrons. The van der Waals surface area contributed by atoms with E-state index in [1.165, 1.54) is 47.2 Å². The van der Waals surface area contributed by atoms with Gasteiger partial charge in [-0.25, -0.2) is 0 Å². The molecule has 3 rings (SSSR count). The average molecular weight is 368 g/mol. The van der Waals surface area contributed by atoms with E-state index >= 15 is 0 Å². The van der Waals surface area contributed by atoms with Gasteiger partial charge in [0.1, 0.15) is 0 Å². The highest BCUT2D eigenvalue weighted by molar-refractivity contribution is 9.10. The summed E-state index contributed by atoms with van der Waals surface area (Å²) in [6.45, 7) is 3.32. The van der Waals surface area contributed by atoms with Crippen LogP contribution in [0.25, 0.3) is 0 Å². The van der Waals surface area contributed by atoms with E-state index in [-0.39, 0.29) is 0 Å². The van der Waals surface area contributed by atoms with E-state index in [1.54, 1.807) is 0 Å². The monoisotopic (exact) mass is 367 g/mol. The molecule has 0 aromatic heterocycles. The molecule has 1 N–H and O–H groups in total. The molecular formula is C18H26BrNS. The summed E-state index contributed by atoms with van der Waals surface area (Å²) >= 11 is 5.65. The van der Waals surface area contributed by atoms with Crippen molar-refractivity contribution >= 4 is 27.7 Å². The topological polar surface area (TPSA) is 12.0 Å². The van der Waals surface area contributed by atoms with Crippen molar-refractivity contribution in [1.82, 2.24) is 5.32 Å². The van der Waals surface area contributed by atoms with Gasteiger partial charge in [-0.15, -0.1) is 11.8 Å². The van der Waals surface area contributed by atoms with Crippen molar-refractivity contribution in [2.45, 2.75) is 50.0 Å². The minimum absolute atomic E-state index is 0.663. The van der Waals surface area contributed by atoms with E-state index in [1.807, 2.05) is 11.8 Å². The van der Waals surface area contributed by atoms with Gasteiger partial charge in [0, 0.05) is 21.2 Å². The van der Waals surface area contributed by atoms with Gasteiger partial charge in [-0.05, 0) is 78.0 Å². The summed E-state index contributed by atoms with van der Waals surface area (Å²) in [5.74, 6) is 4.29. The fourth-order valence-electron chi connectivity index (χ4n) is 4.28. The van der Waals surface area contributed by atoms with E-state index in [4.69, 9.17) is 0 Å². The van der Waals surface area contributed by atoms with Gasteiger partial charge in [0.05, 0.1) is 0 Å². The molecule has 4 atom stereocenters. The fraction of sp³-hybridized carbons (Fsp3) is 0.667. The first-order valence-corrected chi connectivity index (χ1v) is 10.1. The van der Waals surface area contributed by atoms with Crippen LogP contribution in [0.5, 0.6) is 0 Å². The Hall–Kier alpha value is 0.01000. The number of halogens is 1. The first-order valence-electron chi connectivity index (χ1n) is 8.37. The molecule has 0 aliphatic heterocycles. The van der Waals surface area contributed by atoms with E-state index in [2.05, 4.69) is 52.4 Å². The minimum atomic E-state index is 0.663. The van der Waals surface area contributed by atoms with Crippen LogP contribution in [0.15, 0.2) is 33.6 Å². The van der Waals surface area contributed by atoms with Crippen LogP contribution in [0.2, 0.25) is 0 Å². The molecule has 116 valence electrons. The van der Waals surface area contributed by atoms with Gasteiger partial charge in [0.15, 0.2) is 0 Å². The van der Waals surface area contributed by atoms with Crippen molar-refractivity contribution in [1.29, 1.82) is 0 Å². The van der Waals surface area contributed by atoms with Gasteiger partial charge >= 0.3 is 0 Å². The highest BCUT2D eigenvalue weighted by atomic mass is 79.9. The third-order valence-electron chi connectivity index (χ3n) is 5.24. The molecule has 2 bridgehead atoms. The summed E-state index contributed by atoms with van der Waals surface area (Å²) in [5, 5.41) is 3.72. The van der Waals surface area contributed by atoms with E-state index < -0.39 is 0 Å². The van der Waals surface area contributed by atoms with Crippen LogP contribution < -0.4 is 5.32 Å². The van der Waals surface area contributed by atoms with Gasteiger partial charge in [0.2, 0.25) is 0 Å². The molecule has 4 unspecified atom stereocenters. The number of hydrogen-bond donors (Lipinski definition) is 1. The lowest BCUT2D eigenvalue weighted by atomic mass is 9.84. The molecule has 2 fully saturated rings. The van der Waals surface area contributed by atoms with E-state index in [0.717, 1.165) is 24.3 Å². The average Bonchev–Trinajstić information content (AvgIpc) is 3.09. The number of nitrogens with one attached hydrogen (secondary N) is 1. The van der Waals surface area contributed by atoms with Gasteiger partial charge in [-0.1, -0.05) is 25.5 Å². The van der Waals surface area contributed by atoms with Gasteiger partial charge in [0.25, 0.3) is 0 Å². The van der Waals surface area contributed by atoms with Crippen LogP contribution in [-0.2, 0) is 0 Å². The van der Waals surface area contributed by atoms with Crippen molar-refractivity contribution < 1.29 is 0 Å². The van der Waals surface area contributed by atoms with Gasteiger partial charge in [-0.2, -0.15) is 0 Å². The highest BCUT2D eigenvalue weighted by Gasteiger charge is 2.39. The third-order valence-corrected chi connectivity index (χ3v) is 7.43. The second-order valence-electron chi connectivity index (χ2n) is 6.67. The lowest BCUT2D eigenvalue weighted by Crippen LogP contribution is -2.34. The molecule has 1 aromatic carbocycles. The molecule has 0 amide bonds. The Morgan fingerprint density at radius 3 is 2.81 bits per heavy atom. The number of fused-ring (bicyclic) bond motifs is 2. The van der Waals surface area contributed by atoms with Crippen molar-refractivity contribution in [3.05, 3.63) is 28.7 Å². The molecular weight excluding hydrogens is 342 g/mol. The Balaban J connectivity index is 1.53. The molecule has 1 nitrogen and oxygen atoms in total. The van der Waals surface area contributed by atoms with Crippen LogP contribution in [-0.4, -0.2) is 18.3 Å². The highest BCUT2D eigenvalue weighted by Crippen LogP contribution is 2.50. The van der Waals surface area contributed by atoms with Crippen LogP contribution in [0.4, 0.5) is 0 Å². The molecule has 3 heteroatoms. The Morgan fingerprint density at radius 1 is 1.29 bits per heavy atom. The standard InChI is InChI=1S/C18H26BrNS/c1-2-20-16(11-15-10-13-7-8-14(15)9-13)12-21-18-6-4-3-5-17(18)19/h3-6,13-16,20H,2,7-12H2,1H3. The molecule has 21 heavy (non-hydrogen) atoms. The summed E-state index contributed by atoms with van der Waals surface area (Å²) < 4.78 is 1.23. The van der Waals surface area contributed by atoms with Crippen LogP contribution in [0, 0.1) is 17.8 Å². The maximum atomic E-state index is 3.72. The van der Waals surface area contributed by atoms with Crippen molar-refractivity contribution in [3.63, 3.8) is 0 Å². The van der Waals surface area contributed by atoms with Crippen LogP contribution in [0.1, 0.15) is 39.0 Å². The maximum absolute atomic E-state index is 3.72. The summed E-state index contributed by atoms with van der Waals surface area (Å²) in [6.07, 6.45) is 7.43. The molecule has 1 aromatic rings. The zero-order chi connectivity index (χ0) is 14.7. The summed E-state index contributed by atoms with van der Waals surface area (Å²) in [5.41, 5.74) is 0. The normalized spacial score (nSPS) is 29.0. The van der Waals surface area contributed by atoms with Gasteiger partial charge in [-0.3, -0.25) is 0 Å². The Labute approximate surface area is 141 Å². The number of hydrogen-bond acceptors (Lipinski definition) is 2. The maximum Gasteiger partial charge on any atom is 0.0311 e. The largest absolute Gasteiger partial charge is 0.313 e. The predicted molar refractivity (Wildman–Crippen MR) is 95.9 cm³/mol. The Bertz CT molecular complexity index is 464. The van der Waals surface area contributed by atoms with Crippen molar-refractivity contribution in [3.8, 4) is 0 Å². The molecule has 0 heterocycles. The number of rotatable bonds is 7. The number of thioether (sulfide) groups is 1. The molecule has 0 spiro atoms. The van der Waals surface area contributed by atoms with Gasteiger partial charge < -0.3 is 5.32 Å². The zero-order valence-corrected chi connectivity index (χ0v) is 15.3. The van der Waals surface area contributed by atoms with E-state index in [0.29, 0.717) is 6.04 Å². The zero-order valence-electron chi connectivity index (χ0n) is 12.9. The Kier molecular flexibility index (Phi) is 5.69. The van der Waals surface area contributed by atoms with E-state index in [9.17, 15) is 0 Å². The second kappa shape index (κ2) is 7.52. The third kappa shape index (κ3) is 4.05. The van der Waals surface area contributed by atoms with Crippen LogP contribution in [0.3, 0.4) is 0 Å². The lowest BCUT2D eigenvalue weighted by Gasteiger charge is -2.27. The first kappa shape index (κ1) is 15.9. The minimum Gasteiger partial charge on any atom is -0.313 e. The molecule has 2 aliphatic carbocycles. The molecule has 2 aliphatic rings. The second-order valence-corrected chi connectivity index (χ2v) is 8.58. The summed E-state index contributed by atoms with van der Waals surface area (Å²) in [7, 11) is 0. The van der Waals surface area contributed by atoms with Crippen molar-refractivity contribution in [2.24, 2.45) is 17.8 Å². The molecule has 0 saturated heterocycles. The fourth-order valence-corrected chi connectivity index (χ4v) is 5.93. The Morgan fingerprint density at radius 2 is 2.14 bits per heavy atom. The smallest absolute Gasteiger partial charge is 0.0311 e. The summed E-state index contributed by atoms with van der Waals surface area (Å²) in [4.78, 5) is 1.37.